The fourth-order valence-electron chi connectivity index (χ4n) is 3.84. The normalized spacial score (nSPS) is 16.1. The van der Waals surface area contributed by atoms with Crippen molar-refractivity contribution in [2.75, 3.05) is 18.0 Å². The number of alkyl halides is 3. The van der Waals surface area contributed by atoms with Crippen molar-refractivity contribution in [2.45, 2.75) is 25.9 Å². The molecule has 2 aromatic carbocycles. The van der Waals surface area contributed by atoms with Crippen molar-refractivity contribution in [3.05, 3.63) is 53.3 Å². The maximum atomic E-state index is 14.1. The van der Waals surface area contributed by atoms with Crippen molar-refractivity contribution in [3.63, 3.8) is 0 Å². The van der Waals surface area contributed by atoms with Gasteiger partial charge in [0.15, 0.2) is 5.88 Å². The number of aromatic hydroxyl groups is 1. The van der Waals surface area contributed by atoms with Crippen LogP contribution in [0.25, 0.3) is 10.9 Å². The third-order valence-electron chi connectivity index (χ3n) is 5.54. The summed E-state index contributed by atoms with van der Waals surface area (Å²) in [5, 5.41) is 10.2. The van der Waals surface area contributed by atoms with Gasteiger partial charge < -0.3 is 15.0 Å². The Bertz CT molecular complexity index is 1100. The number of halogens is 4. The lowest BCUT2D eigenvalue weighted by atomic mass is 9.98. The van der Waals surface area contributed by atoms with E-state index in [1.54, 1.807) is 11.0 Å². The molecule has 0 unspecified atom stereocenters. The number of hydrogen-bond donors (Lipinski definition) is 2. The predicted molar refractivity (Wildman–Crippen MR) is 109 cm³/mol. The van der Waals surface area contributed by atoms with Crippen molar-refractivity contribution in [3.8, 4) is 5.88 Å². The molecule has 0 spiro atoms. The van der Waals surface area contributed by atoms with E-state index in [1.807, 2.05) is 0 Å². The van der Waals surface area contributed by atoms with Crippen LogP contribution in [0.15, 0.2) is 41.4 Å². The van der Waals surface area contributed by atoms with Crippen LogP contribution in [0.5, 0.6) is 5.88 Å². The van der Waals surface area contributed by atoms with Crippen LogP contribution < -0.4 is 4.90 Å². The number of benzene rings is 2. The average molecular weight is 419 g/mol. The van der Waals surface area contributed by atoms with E-state index in [2.05, 4.69) is 16.9 Å². The second kappa shape index (κ2) is 7.66. The molecule has 1 aliphatic heterocycles. The summed E-state index contributed by atoms with van der Waals surface area (Å²) in [6.07, 6.45) is -1.65. The average Bonchev–Trinajstić information content (AvgIpc) is 3.02. The molecule has 1 aliphatic rings. The van der Waals surface area contributed by atoms with Crippen LogP contribution in [0.4, 0.5) is 28.9 Å². The fraction of sp³-hybridized carbons (Fsp3) is 0.318. The SMILES string of the molecule is CC1CCN(c2ccc(N=Cc3c(O)[nH]c4cccc(F)c34)cc2C(F)(F)F)CC1. The number of piperidine rings is 1. The van der Waals surface area contributed by atoms with E-state index in [4.69, 9.17) is 0 Å². The number of rotatable bonds is 3. The molecule has 1 aromatic heterocycles. The molecule has 158 valence electrons. The third-order valence-corrected chi connectivity index (χ3v) is 5.54. The topological polar surface area (TPSA) is 51.6 Å². The maximum Gasteiger partial charge on any atom is 0.418 e. The third kappa shape index (κ3) is 3.86. The summed E-state index contributed by atoms with van der Waals surface area (Å²) in [6.45, 7) is 3.26. The monoisotopic (exact) mass is 419 g/mol. The number of nitrogens with one attached hydrogen (secondary N) is 1. The Morgan fingerprint density at radius 3 is 2.60 bits per heavy atom. The van der Waals surface area contributed by atoms with Crippen molar-refractivity contribution in [1.82, 2.24) is 4.98 Å². The van der Waals surface area contributed by atoms with Gasteiger partial charge >= 0.3 is 6.18 Å². The van der Waals surface area contributed by atoms with E-state index in [1.165, 1.54) is 30.5 Å². The van der Waals surface area contributed by atoms with Gasteiger partial charge in [-0.15, -0.1) is 0 Å². The molecule has 4 rings (SSSR count). The summed E-state index contributed by atoms with van der Waals surface area (Å²) in [5.74, 6) is -0.353. The Hall–Kier alpha value is -3.03. The van der Waals surface area contributed by atoms with E-state index in [9.17, 15) is 22.7 Å². The number of nitrogens with zero attached hydrogens (tertiary/aromatic N) is 2. The molecule has 0 amide bonds. The Kier molecular flexibility index (Phi) is 5.17. The number of aromatic nitrogens is 1. The molecule has 4 nitrogen and oxygen atoms in total. The second-order valence-electron chi connectivity index (χ2n) is 7.68. The van der Waals surface area contributed by atoms with Gasteiger partial charge in [0.25, 0.3) is 0 Å². The highest BCUT2D eigenvalue weighted by atomic mass is 19.4. The summed E-state index contributed by atoms with van der Waals surface area (Å²) in [6, 6.07) is 8.24. The fourth-order valence-corrected chi connectivity index (χ4v) is 3.84. The van der Waals surface area contributed by atoms with Crippen molar-refractivity contribution >= 4 is 28.5 Å². The summed E-state index contributed by atoms with van der Waals surface area (Å²) >= 11 is 0. The predicted octanol–water partition coefficient (Wildman–Crippen LogP) is 6.02. The number of H-pyrrole nitrogens is 1. The summed E-state index contributed by atoms with van der Waals surface area (Å²) in [4.78, 5) is 8.48. The number of anilines is 1. The minimum Gasteiger partial charge on any atom is -0.494 e. The van der Waals surface area contributed by atoms with Gasteiger partial charge in [0, 0.05) is 30.4 Å². The molecule has 1 saturated heterocycles. The molecule has 2 heterocycles. The molecular formula is C22H21F4N3O. The Morgan fingerprint density at radius 2 is 1.90 bits per heavy atom. The lowest BCUT2D eigenvalue weighted by Gasteiger charge is -2.33. The van der Waals surface area contributed by atoms with Crippen LogP contribution in [0, 0.1) is 11.7 Å². The zero-order valence-electron chi connectivity index (χ0n) is 16.3. The maximum absolute atomic E-state index is 14.1. The van der Waals surface area contributed by atoms with Crippen molar-refractivity contribution in [1.29, 1.82) is 0 Å². The molecule has 8 heteroatoms. The zero-order valence-corrected chi connectivity index (χ0v) is 16.3. The first-order valence-corrected chi connectivity index (χ1v) is 9.73. The van der Waals surface area contributed by atoms with Gasteiger partial charge in [-0.2, -0.15) is 13.2 Å². The van der Waals surface area contributed by atoms with E-state index < -0.39 is 17.6 Å². The summed E-state index contributed by atoms with van der Waals surface area (Å²) in [7, 11) is 0. The van der Waals surface area contributed by atoms with Gasteiger partial charge in [0.1, 0.15) is 5.82 Å². The quantitative estimate of drug-likeness (QED) is 0.403. The molecule has 0 atom stereocenters. The van der Waals surface area contributed by atoms with Gasteiger partial charge in [-0.05, 0) is 49.1 Å². The highest BCUT2D eigenvalue weighted by molar-refractivity contribution is 6.02. The van der Waals surface area contributed by atoms with Crippen LogP contribution in [-0.2, 0) is 6.18 Å². The van der Waals surface area contributed by atoms with Crippen LogP contribution in [0.1, 0.15) is 30.9 Å². The molecule has 0 saturated carbocycles. The molecule has 2 N–H and O–H groups in total. The van der Waals surface area contributed by atoms with Crippen molar-refractivity contribution < 1.29 is 22.7 Å². The van der Waals surface area contributed by atoms with Gasteiger partial charge in [0.05, 0.1) is 22.3 Å². The van der Waals surface area contributed by atoms with Gasteiger partial charge in [0.2, 0.25) is 0 Å². The van der Waals surface area contributed by atoms with Gasteiger partial charge in [-0.3, -0.25) is 4.99 Å². The largest absolute Gasteiger partial charge is 0.494 e. The number of aliphatic imine (C=N–C) groups is 1. The lowest BCUT2D eigenvalue weighted by Crippen LogP contribution is -2.34. The minimum atomic E-state index is -4.53. The molecule has 30 heavy (non-hydrogen) atoms. The highest BCUT2D eigenvalue weighted by Crippen LogP contribution is 2.40. The first kappa shape index (κ1) is 20.3. The van der Waals surface area contributed by atoms with Crippen LogP contribution in [-0.4, -0.2) is 29.4 Å². The van der Waals surface area contributed by atoms with E-state index in [0.29, 0.717) is 24.5 Å². The summed E-state index contributed by atoms with van der Waals surface area (Å²) in [5.41, 5.74) is -0.0673. The summed E-state index contributed by atoms with van der Waals surface area (Å²) < 4.78 is 55.3. The molecule has 1 fully saturated rings. The minimum absolute atomic E-state index is 0.0709. The Morgan fingerprint density at radius 1 is 1.17 bits per heavy atom. The van der Waals surface area contributed by atoms with Crippen LogP contribution in [0.3, 0.4) is 0 Å². The molecule has 0 radical (unpaired) electrons. The number of aromatic amines is 1. The number of hydrogen-bond acceptors (Lipinski definition) is 3. The first-order chi connectivity index (χ1) is 14.2. The Balaban J connectivity index is 1.70. The molecule has 0 aliphatic carbocycles. The van der Waals surface area contributed by atoms with Gasteiger partial charge in [-0.25, -0.2) is 4.39 Å². The smallest absolute Gasteiger partial charge is 0.418 e. The van der Waals surface area contributed by atoms with Crippen molar-refractivity contribution in [2.24, 2.45) is 10.9 Å². The lowest BCUT2D eigenvalue weighted by molar-refractivity contribution is -0.137. The van der Waals surface area contributed by atoms with Crippen LogP contribution in [0.2, 0.25) is 0 Å². The highest BCUT2D eigenvalue weighted by Gasteiger charge is 2.35. The van der Waals surface area contributed by atoms with Gasteiger partial charge in [-0.1, -0.05) is 13.0 Å². The van der Waals surface area contributed by atoms with Crippen LogP contribution >= 0.6 is 0 Å². The molecule has 0 bridgehead atoms. The standard InChI is InChI=1S/C22H21F4N3O/c1-13-7-9-29(10-8-13)19-6-5-14(11-16(19)22(24,25)26)27-12-15-20-17(23)3-2-4-18(20)28-21(15)30/h2-6,11-13,28,30H,7-10H2,1H3. The second-order valence-corrected chi connectivity index (χ2v) is 7.68. The van der Waals surface area contributed by atoms with E-state index >= 15 is 0 Å². The van der Waals surface area contributed by atoms with E-state index in [-0.39, 0.29) is 28.2 Å². The molecule has 3 aromatic rings. The molecular weight excluding hydrogens is 398 g/mol. The Labute approximate surface area is 170 Å². The zero-order chi connectivity index (χ0) is 21.5. The van der Waals surface area contributed by atoms with E-state index in [0.717, 1.165) is 18.9 Å². The number of fused-ring (bicyclic) bond motifs is 1. The first-order valence-electron chi connectivity index (χ1n) is 9.73.